The Hall–Kier alpha value is -3.35. The van der Waals surface area contributed by atoms with E-state index in [-0.39, 0.29) is 22.3 Å². The van der Waals surface area contributed by atoms with Crippen molar-refractivity contribution in [2.45, 2.75) is 18.8 Å². The lowest BCUT2D eigenvalue weighted by molar-refractivity contribution is 0.0697. The van der Waals surface area contributed by atoms with Gasteiger partial charge in [-0.1, -0.05) is 29.8 Å². The summed E-state index contributed by atoms with van der Waals surface area (Å²) >= 11 is 6.14. The zero-order chi connectivity index (χ0) is 23.1. The summed E-state index contributed by atoms with van der Waals surface area (Å²) < 4.78 is 21.6. The van der Waals surface area contributed by atoms with Crippen LogP contribution in [0, 0.1) is 5.82 Å². The Bertz CT molecular complexity index is 1360. The summed E-state index contributed by atoms with van der Waals surface area (Å²) in [6.45, 7) is 1.22. The minimum absolute atomic E-state index is 0.0137. The molecule has 0 aliphatic carbocycles. The number of halogens is 2. The van der Waals surface area contributed by atoms with Crippen molar-refractivity contribution in [3.63, 3.8) is 0 Å². The summed E-state index contributed by atoms with van der Waals surface area (Å²) in [7, 11) is 0. The number of hydrogen-bond donors (Lipinski definition) is 2. The molecule has 33 heavy (non-hydrogen) atoms. The predicted octanol–water partition coefficient (Wildman–Crippen LogP) is 6.39. The molecule has 1 aliphatic rings. The highest BCUT2D eigenvalue weighted by Crippen LogP contribution is 2.46. The number of ether oxygens (including phenoxy) is 1. The van der Waals surface area contributed by atoms with E-state index in [1.165, 1.54) is 6.07 Å². The van der Waals surface area contributed by atoms with Gasteiger partial charge in [-0.25, -0.2) is 9.18 Å². The highest BCUT2D eigenvalue weighted by atomic mass is 35.5. The van der Waals surface area contributed by atoms with E-state index < -0.39 is 11.8 Å². The number of nitrogens with zero attached hydrogens (tertiary/aromatic N) is 1. The maximum absolute atomic E-state index is 14.0. The molecule has 4 aromatic rings. The summed E-state index contributed by atoms with van der Waals surface area (Å²) in [5.41, 5.74) is 4.21. The predicted molar refractivity (Wildman–Crippen MR) is 125 cm³/mol. The van der Waals surface area contributed by atoms with Gasteiger partial charge in [0.05, 0.1) is 16.1 Å². The number of benzene rings is 3. The average molecular weight is 466 g/mol. The van der Waals surface area contributed by atoms with Gasteiger partial charge in [-0.3, -0.25) is 0 Å². The Morgan fingerprint density at radius 3 is 2.45 bits per heavy atom. The SMILES string of the molecule is O=C(O)c1ccc(-c2c(C3CCOCC3)n(-c3ccc(F)c(Cl)c3)c3cccc(O)c23)cc1. The smallest absolute Gasteiger partial charge is 0.335 e. The van der Waals surface area contributed by atoms with Crippen LogP contribution in [0.2, 0.25) is 5.02 Å². The molecule has 168 valence electrons. The number of aromatic carboxylic acids is 1. The van der Waals surface area contributed by atoms with E-state index in [2.05, 4.69) is 0 Å². The standard InChI is InChI=1S/C26H21ClFNO4/c27-19-14-18(8-9-20(19)28)29-21-2-1-3-22(30)24(21)23(25(29)16-10-12-33-13-11-16)15-4-6-17(7-5-15)26(31)32/h1-9,14,16,30H,10-13H2,(H,31,32). The monoisotopic (exact) mass is 465 g/mol. The van der Waals surface area contributed by atoms with Crippen molar-refractivity contribution in [1.29, 1.82) is 0 Å². The minimum atomic E-state index is -1.00. The first-order valence-electron chi connectivity index (χ1n) is 10.7. The molecule has 1 fully saturated rings. The molecule has 5 nitrogen and oxygen atoms in total. The molecule has 7 heteroatoms. The third-order valence-electron chi connectivity index (χ3n) is 6.20. The van der Waals surface area contributed by atoms with Gasteiger partial charge >= 0.3 is 5.97 Å². The Morgan fingerprint density at radius 1 is 1.06 bits per heavy atom. The van der Waals surface area contributed by atoms with E-state index in [1.54, 1.807) is 48.5 Å². The van der Waals surface area contributed by atoms with E-state index in [0.29, 0.717) is 24.3 Å². The molecule has 0 amide bonds. The van der Waals surface area contributed by atoms with Crippen LogP contribution in [0.1, 0.15) is 34.8 Å². The average Bonchev–Trinajstić information content (AvgIpc) is 3.18. The van der Waals surface area contributed by atoms with Gasteiger partial charge in [0, 0.05) is 41.5 Å². The van der Waals surface area contributed by atoms with E-state index in [0.717, 1.165) is 35.2 Å². The second-order valence-electron chi connectivity index (χ2n) is 8.13. The lowest BCUT2D eigenvalue weighted by atomic mass is 9.89. The molecule has 2 N–H and O–H groups in total. The number of hydrogen-bond acceptors (Lipinski definition) is 3. The number of phenols is 1. The Labute approximate surface area is 194 Å². The van der Waals surface area contributed by atoms with Crippen molar-refractivity contribution < 1.29 is 24.1 Å². The van der Waals surface area contributed by atoms with Crippen LogP contribution in [0.4, 0.5) is 4.39 Å². The molecule has 0 bridgehead atoms. The van der Waals surface area contributed by atoms with E-state index in [9.17, 15) is 19.4 Å². The fraction of sp³-hybridized carbons (Fsp3) is 0.192. The number of aromatic hydroxyl groups is 1. The quantitative estimate of drug-likeness (QED) is 0.366. The van der Waals surface area contributed by atoms with Crippen LogP contribution in [0.25, 0.3) is 27.7 Å². The van der Waals surface area contributed by atoms with Crippen LogP contribution < -0.4 is 0 Å². The van der Waals surface area contributed by atoms with Crippen LogP contribution in [-0.4, -0.2) is 34.0 Å². The lowest BCUT2D eigenvalue weighted by Gasteiger charge is -2.26. The van der Waals surface area contributed by atoms with E-state index in [1.807, 2.05) is 10.6 Å². The number of carboxylic acids is 1. The Morgan fingerprint density at radius 2 is 1.79 bits per heavy atom. The molecule has 0 spiro atoms. The number of aromatic nitrogens is 1. The summed E-state index contributed by atoms with van der Waals surface area (Å²) in [5.74, 6) is -1.28. The molecule has 0 saturated carbocycles. The zero-order valence-corrected chi connectivity index (χ0v) is 18.3. The number of phenolic OH excluding ortho intramolecular Hbond substituents is 1. The fourth-order valence-corrected chi connectivity index (χ4v) is 4.85. The highest BCUT2D eigenvalue weighted by Gasteiger charge is 2.29. The number of fused-ring (bicyclic) bond motifs is 1. The molecule has 0 unspecified atom stereocenters. The maximum atomic E-state index is 14.0. The molecule has 0 atom stereocenters. The topological polar surface area (TPSA) is 71.7 Å². The summed E-state index contributed by atoms with van der Waals surface area (Å²) in [6, 6.07) is 16.5. The summed E-state index contributed by atoms with van der Waals surface area (Å²) in [4.78, 5) is 11.4. The summed E-state index contributed by atoms with van der Waals surface area (Å²) in [5, 5.41) is 20.9. The molecule has 1 aliphatic heterocycles. The largest absolute Gasteiger partial charge is 0.507 e. The number of rotatable bonds is 4. The second kappa shape index (κ2) is 8.54. The number of carboxylic acid groups (broad SMARTS) is 1. The maximum Gasteiger partial charge on any atom is 0.335 e. The van der Waals surface area contributed by atoms with Gasteiger partial charge in [0.1, 0.15) is 11.6 Å². The zero-order valence-electron chi connectivity index (χ0n) is 17.6. The first-order valence-corrected chi connectivity index (χ1v) is 11.1. The molecule has 0 radical (unpaired) electrons. The van der Waals surface area contributed by atoms with Gasteiger partial charge in [-0.2, -0.15) is 0 Å². The van der Waals surface area contributed by atoms with Crippen molar-refractivity contribution in [2.75, 3.05) is 13.2 Å². The van der Waals surface area contributed by atoms with Crippen LogP contribution in [0.3, 0.4) is 0 Å². The van der Waals surface area contributed by atoms with Gasteiger partial charge in [0.2, 0.25) is 0 Å². The molecular weight excluding hydrogens is 445 g/mol. The first-order chi connectivity index (χ1) is 16.0. The van der Waals surface area contributed by atoms with Crippen molar-refractivity contribution in [1.82, 2.24) is 4.57 Å². The highest BCUT2D eigenvalue weighted by molar-refractivity contribution is 6.30. The number of carbonyl (C=O) groups is 1. The normalized spacial score (nSPS) is 14.6. The molecule has 1 aromatic heterocycles. The minimum Gasteiger partial charge on any atom is -0.507 e. The van der Waals surface area contributed by atoms with E-state index in [4.69, 9.17) is 16.3 Å². The molecule has 3 aromatic carbocycles. The summed E-state index contributed by atoms with van der Waals surface area (Å²) in [6.07, 6.45) is 1.57. The molecule has 2 heterocycles. The second-order valence-corrected chi connectivity index (χ2v) is 8.54. The van der Waals surface area contributed by atoms with Crippen LogP contribution in [0.15, 0.2) is 60.7 Å². The first kappa shape index (κ1) is 21.5. The van der Waals surface area contributed by atoms with Gasteiger partial charge in [-0.15, -0.1) is 0 Å². The molecule has 5 rings (SSSR count). The van der Waals surface area contributed by atoms with Crippen LogP contribution >= 0.6 is 11.6 Å². The fourth-order valence-electron chi connectivity index (χ4n) is 4.67. The van der Waals surface area contributed by atoms with Crippen LogP contribution in [0.5, 0.6) is 5.75 Å². The third kappa shape index (κ3) is 3.75. The van der Waals surface area contributed by atoms with Crippen molar-refractivity contribution in [2.24, 2.45) is 0 Å². The Kier molecular flexibility index (Phi) is 5.56. The van der Waals surface area contributed by atoms with Crippen molar-refractivity contribution in [3.05, 3.63) is 82.8 Å². The van der Waals surface area contributed by atoms with Crippen molar-refractivity contribution >= 4 is 28.5 Å². The van der Waals surface area contributed by atoms with Gasteiger partial charge < -0.3 is 19.5 Å². The van der Waals surface area contributed by atoms with Gasteiger partial charge in [0.15, 0.2) is 0 Å². The molecule has 1 saturated heterocycles. The van der Waals surface area contributed by atoms with E-state index >= 15 is 0 Å². The van der Waals surface area contributed by atoms with Crippen molar-refractivity contribution in [3.8, 4) is 22.6 Å². The van der Waals surface area contributed by atoms with Gasteiger partial charge in [-0.05, 0) is 60.9 Å². The Balaban J connectivity index is 1.86. The third-order valence-corrected chi connectivity index (χ3v) is 6.49. The van der Waals surface area contributed by atoms with Gasteiger partial charge in [0.25, 0.3) is 0 Å². The van der Waals surface area contributed by atoms with Crippen LogP contribution in [-0.2, 0) is 4.74 Å². The molecular formula is C26H21ClFNO4. The lowest BCUT2D eigenvalue weighted by Crippen LogP contribution is -2.17.